The predicted molar refractivity (Wildman–Crippen MR) is 94.0 cm³/mol. The lowest BCUT2D eigenvalue weighted by Crippen LogP contribution is -2.51. The SMILES string of the molecule is CCCCN1C(=O)C(=O)N(CN2CCN(c3ccccc3)CC2)C1=O. The number of hydrogen-bond donors (Lipinski definition) is 0. The highest BCUT2D eigenvalue weighted by Gasteiger charge is 2.44. The van der Waals surface area contributed by atoms with Gasteiger partial charge in [0.05, 0.1) is 6.67 Å². The van der Waals surface area contributed by atoms with E-state index in [4.69, 9.17) is 0 Å². The number of amides is 4. The first-order valence-electron chi connectivity index (χ1n) is 8.81. The first kappa shape index (κ1) is 17.4. The van der Waals surface area contributed by atoms with Crippen LogP contribution in [0.4, 0.5) is 10.5 Å². The monoisotopic (exact) mass is 344 g/mol. The summed E-state index contributed by atoms with van der Waals surface area (Å²) in [5, 5.41) is 0. The Balaban J connectivity index is 1.56. The molecule has 7 nitrogen and oxygen atoms in total. The van der Waals surface area contributed by atoms with E-state index in [2.05, 4.69) is 17.0 Å². The van der Waals surface area contributed by atoms with E-state index in [9.17, 15) is 14.4 Å². The summed E-state index contributed by atoms with van der Waals surface area (Å²) in [5.74, 6) is -1.40. The van der Waals surface area contributed by atoms with Gasteiger partial charge in [-0.3, -0.25) is 19.4 Å². The van der Waals surface area contributed by atoms with Crippen molar-refractivity contribution in [2.45, 2.75) is 19.8 Å². The third-order valence-electron chi connectivity index (χ3n) is 4.71. The van der Waals surface area contributed by atoms with Crippen LogP contribution in [0.1, 0.15) is 19.8 Å². The molecular weight excluding hydrogens is 320 g/mol. The first-order chi connectivity index (χ1) is 12.1. The second-order valence-electron chi connectivity index (χ2n) is 6.41. The van der Waals surface area contributed by atoms with Crippen LogP contribution in [-0.4, -0.2) is 71.9 Å². The number of anilines is 1. The number of nitrogens with zero attached hydrogens (tertiary/aromatic N) is 4. The number of hydrogen-bond acceptors (Lipinski definition) is 5. The lowest BCUT2D eigenvalue weighted by atomic mass is 10.2. The molecule has 0 spiro atoms. The minimum atomic E-state index is -0.702. The highest BCUT2D eigenvalue weighted by atomic mass is 16.2. The van der Waals surface area contributed by atoms with Gasteiger partial charge in [-0.05, 0) is 18.6 Å². The zero-order valence-corrected chi connectivity index (χ0v) is 14.6. The van der Waals surface area contributed by atoms with E-state index in [0.717, 1.165) is 42.4 Å². The Labute approximate surface area is 147 Å². The number of piperazine rings is 1. The Morgan fingerprint density at radius 1 is 0.880 bits per heavy atom. The quantitative estimate of drug-likeness (QED) is 0.576. The van der Waals surface area contributed by atoms with Crippen molar-refractivity contribution in [3.05, 3.63) is 30.3 Å². The van der Waals surface area contributed by atoms with Gasteiger partial charge in [-0.15, -0.1) is 0 Å². The van der Waals surface area contributed by atoms with Gasteiger partial charge in [0.2, 0.25) is 0 Å². The van der Waals surface area contributed by atoms with E-state index in [1.165, 1.54) is 5.69 Å². The van der Waals surface area contributed by atoms with Gasteiger partial charge >= 0.3 is 17.8 Å². The van der Waals surface area contributed by atoms with Crippen molar-refractivity contribution in [1.29, 1.82) is 0 Å². The molecule has 0 atom stereocenters. The van der Waals surface area contributed by atoms with E-state index in [-0.39, 0.29) is 6.67 Å². The molecule has 2 heterocycles. The molecule has 7 heteroatoms. The average molecular weight is 344 g/mol. The zero-order chi connectivity index (χ0) is 17.8. The molecule has 3 rings (SSSR count). The van der Waals surface area contributed by atoms with Crippen molar-refractivity contribution in [1.82, 2.24) is 14.7 Å². The van der Waals surface area contributed by atoms with E-state index in [1.54, 1.807) is 0 Å². The molecule has 0 radical (unpaired) electrons. The Hall–Kier alpha value is -2.41. The normalized spacial score (nSPS) is 19.2. The fourth-order valence-corrected chi connectivity index (χ4v) is 3.17. The number of para-hydroxylation sites is 1. The Morgan fingerprint density at radius 2 is 1.52 bits per heavy atom. The number of carbonyl (C=O) groups is 3. The Kier molecular flexibility index (Phi) is 5.33. The molecule has 2 fully saturated rings. The van der Waals surface area contributed by atoms with Crippen LogP contribution in [-0.2, 0) is 9.59 Å². The molecule has 0 saturated carbocycles. The van der Waals surface area contributed by atoms with Gasteiger partial charge in [-0.25, -0.2) is 9.69 Å². The molecule has 0 aliphatic carbocycles. The van der Waals surface area contributed by atoms with Crippen LogP contribution in [0.5, 0.6) is 0 Å². The van der Waals surface area contributed by atoms with Crippen LogP contribution >= 0.6 is 0 Å². The second kappa shape index (κ2) is 7.65. The summed E-state index contributed by atoms with van der Waals surface area (Å²) >= 11 is 0. The van der Waals surface area contributed by atoms with Gasteiger partial charge in [-0.2, -0.15) is 0 Å². The molecule has 1 aromatic rings. The van der Waals surface area contributed by atoms with Crippen molar-refractivity contribution in [3.63, 3.8) is 0 Å². The van der Waals surface area contributed by atoms with Gasteiger partial charge in [0.25, 0.3) is 0 Å². The second-order valence-corrected chi connectivity index (χ2v) is 6.41. The summed E-state index contributed by atoms with van der Waals surface area (Å²) in [6.45, 7) is 5.63. The van der Waals surface area contributed by atoms with E-state index in [0.29, 0.717) is 13.0 Å². The van der Waals surface area contributed by atoms with Crippen LogP contribution in [0.25, 0.3) is 0 Å². The lowest BCUT2D eigenvalue weighted by Gasteiger charge is -2.37. The topological polar surface area (TPSA) is 64.2 Å². The molecule has 0 unspecified atom stereocenters. The number of carbonyl (C=O) groups excluding carboxylic acids is 3. The zero-order valence-electron chi connectivity index (χ0n) is 14.6. The summed E-state index contributed by atoms with van der Waals surface area (Å²) in [5.41, 5.74) is 1.18. The Bertz CT molecular complexity index is 641. The maximum atomic E-state index is 12.4. The summed E-state index contributed by atoms with van der Waals surface area (Å²) < 4.78 is 0. The van der Waals surface area contributed by atoms with Crippen LogP contribution in [0.3, 0.4) is 0 Å². The highest BCUT2D eigenvalue weighted by molar-refractivity contribution is 6.44. The molecule has 1 aromatic carbocycles. The molecule has 134 valence electrons. The van der Waals surface area contributed by atoms with E-state index < -0.39 is 17.8 Å². The van der Waals surface area contributed by atoms with Gasteiger partial charge in [0, 0.05) is 38.4 Å². The summed E-state index contributed by atoms with van der Waals surface area (Å²) in [6.07, 6.45) is 1.58. The number of unbranched alkanes of at least 4 members (excludes halogenated alkanes) is 1. The predicted octanol–water partition coefficient (Wildman–Crippen LogP) is 1.36. The third-order valence-corrected chi connectivity index (χ3v) is 4.71. The molecule has 0 N–H and O–H groups in total. The minimum Gasteiger partial charge on any atom is -0.369 e. The maximum absolute atomic E-state index is 12.4. The van der Waals surface area contributed by atoms with Gasteiger partial charge in [-0.1, -0.05) is 31.5 Å². The third kappa shape index (κ3) is 3.66. The first-order valence-corrected chi connectivity index (χ1v) is 8.81. The molecule has 2 aliphatic heterocycles. The average Bonchev–Trinajstić information content (AvgIpc) is 2.85. The lowest BCUT2D eigenvalue weighted by molar-refractivity contribution is -0.144. The molecule has 0 bridgehead atoms. The smallest absolute Gasteiger partial charge is 0.335 e. The van der Waals surface area contributed by atoms with E-state index in [1.807, 2.05) is 30.0 Å². The van der Waals surface area contributed by atoms with Crippen LogP contribution in [0.15, 0.2) is 30.3 Å². The molecule has 4 amide bonds. The van der Waals surface area contributed by atoms with Crippen molar-refractivity contribution in [2.75, 3.05) is 44.3 Å². The molecule has 2 aliphatic rings. The summed E-state index contributed by atoms with van der Waals surface area (Å²) in [4.78, 5) is 43.0. The van der Waals surface area contributed by atoms with Crippen LogP contribution in [0.2, 0.25) is 0 Å². The molecule has 2 saturated heterocycles. The number of rotatable bonds is 6. The maximum Gasteiger partial charge on any atom is 0.335 e. The molecule has 0 aromatic heterocycles. The van der Waals surface area contributed by atoms with Crippen molar-refractivity contribution in [3.8, 4) is 0 Å². The summed E-state index contributed by atoms with van der Waals surface area (Å²) in [7, 11) is 0. The summed E-state index contributed by atoms with van der Waals surface area (Å²) in [6, 6.07) is 9.69. The van der Waals surface area contributed by atoms with Crippen molar-refractivity contribution >= 4 is 23.5 Å². The minimum absolute atomic E-state index is 0.189. The van der Waals surface area contributed by atoms with Crippen LogP contribution in [0, 0.1) is 0 Å². The fourth-order valence-electron chi connectivity index (χ4n) is 3.17. The number of imide groups is 2. The van der Waals surface area contributed by atoms with Crippen LogP contribution < -0.4 is 4.90 Å². The van der Waals surface area contributed by atoms with Gasteiger partial charge in [0.15, 0.2) is 0 Å². The largest absolute Gasteiger partial charge is 0.369 e. The highest BCUT2D eigenvalue weighted by Crippen LogP contribution is 2.18. The van der Waals surface area contributed by atoms with E-state index >= 15 is 0 Å². The van der Waals surface area contributed by atoms with Crippen molar-refractivity contribution in [2.24, 2.45) is 0 Å². The number of benzene rings is 1. The standard InChI is InChI=1S/C18H24N4O3/c1-2-3-9-21-16(23)17(24)22(18(21)25)14-19-10-12-20(13-11-19)15-7-5-4-6-8-15/h4-8H,2-3,9-14H2,1H3. The van der Waals surface area contributed by atoms with Gasteiger partial charge in [0.1, 0.15) is 0 Å². The van der Waals surface area contributed by atoms with Gasteiger partial charge < -0.3 is 4.90 Å². The number of urea groups is 1. The Morgan fingerprint density at radius 3 is 2.16 bits per heavy atom. The molecule has 25 heavy (non-hydrogen) atoms. The van der Waals surface area contributed by atoms with Crippen molar-refractivity contribution < 1.29 is 14.4 Å². The fraction of sp³-hybridized carbons (Fsp3) is 0.500. The molecular formula is C18H24N4O3.